The van der Waals surface area contributed by atoms with Crippen molar-refractivity contribution >= 4 is 21.6 Å². The van der Waals surface area contributed by atoms with Crippen molar-refractivity contribution in [2.45, 2.75) is 37.0 Å². The Kier molecular flexibility index (Phi) is 3.47. The Balaban J connectivity index is 2.04. The van der Waals surface area contributed by atoms with Crippen molar-refractivity contribution in [3.63, 3.8) is 0 Å². The highest BCUT2D eigenvalue weighted by Gasteiger charge is 2.29. The summed E-state index contributed by atoms with van der Waals surface area (Å²) in [5.41, 5.74) is 1.07. The van der Waals surface area contributed by atoms with E-state index >= 15 is 0 Å². The number of nitrogens with one attached hydrogen (secondary N) is 2. The summed E-state index contributed by atoms with van der Waals surface area (Å²) in [4.78, 5) is 0.263. The Morgan fingerprint density at radius 3 is 2.59 bits per heavy atom. The van der Waals surface area contributed by atoms with Gasteiger partial charge in [0.25, 0.3) is 0 Å². The summed E-state index contributed by atoms with van der Waals surface area (Å²) in [7, 11) is -3.45. The lowest BCUT2D eigenvalue weighted by Gasteiger charge is -2.30. The number of hydrogen-bond acceptors (Lipinski definition) is 3. The third-order valence-corrected chi connectivity index (χ3v) is 5.11. The van der Waals surface area contributed by atoms with E-state index in [1.54, 1.807) is 13.8 Å². The molecule has 0 amide bonds. The Morgan fingerprint density at radius 1 is 1.47 bits per heavy atom. The molecule has 1 aliphatic carbocycles. The number of aryl methyl sites for hydroxylation is 2. The first-order valence-electron chi connectivity index (χ1n) is 5.55. The zero-order valence-electron chi connectivity index (χ0n) is 9.83. The summed E-state index contributed by atoms with van der Waals surface area (Å²) in [5, 5.41) is 6.78. The fourth-order valence-electron chi connectivity index (χ4n) is 2.06. The fourth-order valence-corrected chi connectivity index (χ4v) is 4.04. The van der Waals surface area contributed by atoms with Crippen LogP contribution in [0.15, 0.2) is 4.90 Å². The summed E-state index contributed by atoms with van der Waals surface area (Å²) in [6.07, 6.45) is 1.76. The first kappa shape index (κ1) is 12.9. The molecule has 1 heterocycles. The maximum absolute atomic E-state index is 12.1. The normalized spacial score (nSPS) is 24.6. The topological polar surface area (TPSA) is 74.8 Å². The highest BCUT2D eigenvalue weighted by Crippen LogP contribution is 2.31. The van der Waals surface area contributed by atoms with Crippen LogP contribution in [-0.4, -0.2) is 30.5 Å². The maximum atomic E-state index is 12.1. The second-order valence-corrected chi connectivity index (χ2v) is 6.87. The quantitative estimate of drug-likeness (QED) is 0.815. The van der Waals surface area contributed by atoms with Crippen LogP contribution in [-0.2, 0) is 10.0 Å². The summed E-state index contributed by atoms with van der Waals surface area (Å²) in [6.45, 7) is 3.83. The number of hydrogen-bond donors (Lipinski definition) is 2. The predicted octanol–water partition coefficient (Wildman–Crippen LogP) is 1.32. The molecule has 0 radical (unpaired) electrons. The molecule has 1 aliphatic rings. The van der Waals surface area contributed by atoms with Gasteiger partial charge < -0.3 is 0 Å². The van der Waals surface area contributed by atoms with Gasteiger partial charge in [-0.15, -0.1) is 11.6 Å². The smallest absolute Gasteiger partial charge is 0.244 e. The van der Waals surface area contributed by atoms with Crippen molar-refractivity contribution in [1.29, 1.82) is 0 Å². The Morgan fingerprint density at radius 2 is 2.12 bits per heavy atom. The Hall–Kier alpha value is -0.590. The highest BCUT2D eigenvalue weighted by molar-refractivity contribution is 7.89. The summed E-state index contributed by atoms with van der Waals surface area (Å²) < 4.78 is 26.7. The summed E-state index contributed by atoms with van der Waals surface area (Å²) >= 11 is 5.85. The second kappa shape index (κ2) is 4.59. The van der Waals surface area contributed by atoms with Gasteiger partial charge in [-0.25, -0.2) is 13.1 Å². The van der Waals surface area contributed by atoms with Crippen LogP contribution < -0.4 is 4.72 Å². The van der Waals surface area contributed by atoms with Crippen LogP contribution >= 0.6 is 11.6 Å². The Labute approximate surface area is 106 Å². The van der Waals surface area contributed by atoms with Gasteiger partial charge in [0.05, 0.1) is 11.4 Å². The van der Waals surface area contributed by atoms with E-state index in [2.05, 4.69) is 14.9 Å². The lowest BCUT2D eigenvalue weighted by Crippen LogP contribution is -2.36. The van der Waals surface area contributed by atoms with Crippen LogP contribution in [0, 0.1) is 19.8 Å². The van der Waals surface area contributed by atoms with Crippen molar-refractivity contribution in [1.82, 2.24) is 14.9 Å². The molecule has 0 aromatic carbocycles. The van der Waals surface area contributed by atoms with Gasteiger partial charge in [0.2, 0.25) is 10.0 Å². The van der Waals surface area contributed by atoms with Gasteiger partial charge in [-0.2, -0.15) is 5.10 Å². The molecule has 0 unspecified atom stereocenters. The van der Waals surface area contributed by atoms with Gasteiger partial charge in [0, 0.05) is 11.9 Å². The van der Waals surface area contributed by atoms with E-state index in [0.29, 0.717) is 23.9 Å². The number of rotatable bonds is 4. The average molecular weight is 278 g/mol. The third kappa shape index (κ3) is 2.64. The third-order valence-electron chi connectivity index (χ3n) is 3.07. The van der Waals surface area contributed by atoms with Crippen molar-refractivity contribution in [3.05, 3.63) is 11.4 Å². The molecule has 5 nitrogen and oxygen atoms in total. The van der Waals surface area contributed by atoms with E-state index in [9.17, 15) is 8.42 Å². The zero-order chi connectivity index (χ0) is 12.6. The van der Waals surface area contributed by atoms with Crippen LogP contribution in [0.25, 0.3) is 0 Å². The number of alkyl halides is 1. The van der Waals surface area contributed by atoms with Crippen molar-refractivity contribution in [2.24, 2.45) is 5.92 Å². The zero-order valence-corrected chi connectivity index (χ0v) is 11.4. The standard InChI is InChI=1S/C10H16ClN3O2S/c1-6-10(7(2)14-13-6)17(15,16)12-5-8-3-9(11)4-8/h8-9,12H,3-5H2,1-2H3,(H,13,14). The lowest BCUT2D eigenvalue weighted by atomic mass is 9.85. The van der Waals surface area contributed by atoms with E-state index in [1.165, 1.54) is 0 Å². The van der Waals surface area contributed by atoms with Gasteiger partial charge in [-0.05, 0) is 32.6 Å². The number of aromatic amines is 1. The number of sulfonamides is 1. The maximum Gasteiger partial charge on any atom is 0.244 e. The summed E-state index contributed by atoms with van der Waals surface area (Å²) in [5.74, 6) is 0.361. The van der Waals surface area contributed by atoms with Gasteiger partial charge >= 0.3 is 0 Å². The molecule has 1 aromatic heterocycles. The molecule has 1 fully saturated rings. The Bertz CT molecular complexity index is 486. The van der Waals surface area contributed by atoms with Crippen LogP contribution in [0.4, 0.5) is 0 Å². The number of nitrogens with zero attached hydrogens (tertiary/aromatic N) is 1. The predicted molar refractivity (Wildman–Crippen MR) is 65.6 cm³/mol. The monoisotopic (exact) mass is 277 g/mol. The highest BCUT2D eigenvalue weighted by atomic mass is 35.5. The molecular weight excluding hydrogens is 262 g/mol. The van der Waals surface area contributed by atoms with Crippen LogP contribution in [0.2, 0.25) is 0 Å². The molecule has 0 spiro atoms. The van der Waals surface area contributed by atoms with Gasteiger partial charge in [-0.1, -0.05) is 0 Å². The molecule has 0 saturated heterocycles. The van der Waals surface area contributed by atoms with Crippen molar-refractivity contribution < 1.29 is 8.42 Å². The molecule has 0 atom stereocenters. The van der Waals surface area contributed by atoms with Crippen molar-refractivity contribution in [3.8, 4) is 0 Å². The number of H-pyrrole nitrogens is 1. The van der Waals surface area contributed by atoms with Gasteiger partial charge in [-0.3, -0.25) is 5.10 Å². The summed E-state index contributed by atoms with van der Waals surface area (Å²) in [6, 6.07) is 0. The lowest BCUT2D eigenvalue weighted by molar-refractivity contribution is 0.324. The second-order valence-electron chi connectivity index (χ2n) is 4.55. The average Bonchev–Trinajstić information content (AvgIpc) is 2.52. The molecule has 2 N–H and O–H groups in total. The van der Waals surface area contributed by atoms with Gasteiger partial charge in [0.15, 0.2) is 0 Å². The molecular formula is C10H16ClN3O2S. The van der Waals surface area contributed by atoms with Crippen LogP contribution in [0.1, 0.15) is 24.2 Å². The molecule has 0 bridgehead atoms. The minimum Gasteiger partial charge on any atom is -0.281 e. The first-order chi connectivity index (χ1) is 7.90. The molecule has 2 rings (SSSR count). The molecule has 17 heavy (non-hydrogen) atoms. The minimum atomic E-state index is -3.45. The van der Waals surface area contributed by atoms with E-state index < -0.39 is 10.0 Å². The van der Waals surface area contributed by atoms with Crippen LogP contribution in [0.5, 0.6) is 0 Å². The largest absolute Gasteiger partial charge is 0.281 e. The molecule has 96 valence electrons. The fraction of sp³-hybridized carbons (Fsp3) is 0.700. The number of halogens is 1. The van der Waals surface area contributed by atoms with E-state index in [0.717, 1.165) is 12.8 Å². The van der Waals surface area contributed by atoms with E-state index in [-0.39, 0.29) is 10.3 Å². The first-order valence-corrected chi connectivity index (χ1v) is 7.47. The minimum absolute atomic E-state index is 0.210. The van der Waals surface area contributed by atoms with E-state index in [4.69, 9.17) is 11.6 Å². The van der Waals surface area contributed by atoms with Crippen molar-refractivity contribution in [2.75, 3.05) is 6.54 Å². The molecule has 0 aliphatic heterocycles. The SMILES string of the molecule is Cc1n[nH]c(C)c1S(=O)(=O)NCC1CC(Cl)C1. The molecule has 1 saturated carbocycles. The number of aromatic nitrogens is 2. The molecule has 7 heteroatoms. The molecule has 1 aromatic rings. The van der Waals surface area contributed by atoms with Gasteiger partial charge in [0.1, 0.15) is 4.90 Å². The van der Waals surface area contributed by atoms with Crippen LogP contribution in [0.3, 0.4) is 0 Å². The van der Waals surface area contributed by atoms with E-state index in [1.807, 2.05) is 0 Å².